The normalized spacial score (nSPS) is 14.4. The molecule has 0 aliphatic carbocycles. The van der Waals surface area contributed by atoms with E-state index in [0.29, 0.717) is 5.56 Å². The molecule has 1 aromatic carbocycles. The quantitative estimate of drug-likeness (QED) is 0.519. The molecule has 0 saturated heterocycles. The van der Waals surface area contributed by atoms with E-state index in [9.17, 15) is 20.3 Å². The van der Waals surface area contributed by atoms with Gasteiger partial charge in [0.25, 0.3) is 5.69 Å². The van der Waals surface area contributed by atoms with Crippen LogP contribution < -0.4 is 0 Å². The largest absolute Gasteiger partial charge is 0.396 e. The molecule has 6 nitrogen and oxygen atoms in total. The highest BCUT2D eigenvalue weighted by Crippen LogP contribution is 2.25. The zero-order valence-corrected chi connectivity index (χ0v) is 9.41. The third-order valence-corrected chi connectivity index (χ3v) is 2.56. The summed E-state index contributed by atoms with van der Waals surface area (Å²) in [6.07, 6.45) is -2.35. The molecule has 1 aromatic rings. The van der Waals surface area contributed by atoms with Crippen LogP contribution in [0.3, 0.4) is 0 Å². The van der Waals surface area contributed by atoms with E-state index in [1.165, 1.54) is 18.2 Å². The third-order valence-electron chi connectivity index (χ3n) is 2.56. The monoisotopic (exact) mass is 241 g/mol. The number of rotatable bonds is 5. The number of nitro benzene ring substituents is 1. The van der Waals surface area contributed by atoms with Crippen molar-refractivity contribution in [2.75, 3.05) is 6.61 Å². The molecular formula is C11H15NO5. The molecule has 0 aliphatic heterocycles. The Kier molecular flexibility index (Phi) is 4.56. The average Bonchev–Trinajstić information content (AvgIpc) is 2.28. The summed E-state index contributed by atoms with van der Waals surface area (Å²) in [4.78, 5) is 10.2. The van der Waals surface area contributed by atoms with Crippen molar-refractivity contribution in [1.82, 2.24) is 0 Å². The van der Waals surface area contributed by atoms with Crippen molar-refractivity contribution < 1.29 is 20.2 Å². The summed E-state index contributed by atoms with van der Waals surface area (Å²) < 4.78 is 0. The van der Waals surface area contributed by atoms with E-state index in [1.54, 1.807) is 6.92 Å². The number of hydrogen-bond donors (Lipinski definition) is 3. The van der Waals surface area contributed by atoms with Gasteiger partial charge in [-0.2, -0.15) is 0 Å². The van der Waals surface area contributed by atoms with E-state index in [2.05, 4.69) is 0 Å². The smallest absolute Gasteiger partial charge is 0.272 e. The van der Waals surface area contributed by atoms with Crippen LogP contribution in [0.4, 0.5) is 5.69 Å². The summed E-state index contributed by atoms with van der Waals surface area (Å²) in [6, 6.07) is 4.27. The van der Waals surface area contributed by atoms with Gasteiger partial charge in [-0.05, 0) is 18.9 Å². The number of hydrogen-bond acceptors (Lipinski definition) is 5. The average molecular weight is 241 g/mol. The minimum Gasteiger partial charge on any atom is -0.396 e. The molecule has 94 valence electrons. The molecule has 0 fully saturated rings. The van der Waals surface area contributed by atoms with Gasteiger partial charge >= 0.3 is 0 Å². The van der Waals surface area contributed by atoms with Crippen LogP contribution >= 0.6 is 0 Å². The van der Waals surface area contributed by atoms with Gasteiger partial charge in [0.1, 0.15) is 6.10 Å². The van der Waals surface area contributed by atoms with Gasteiger partial charge in [0.05, 0.1) is 11.0 Å². The van der Waals surface area contributed by atoms with Crippen LogP contribution in [-0.2, 0) is 0 Å². The zero-order chi connectivity index (χ0) is 13.0. The first-order valence-corrected chi connectivity index (χ1v) is 5.19. The molecule has 0 radical (unpaired) electrons. The fourth-order valence-electron chi connectivity index (χ4n) is 1.52. The predicted octanol–water partition coefficient (Wildman–Crippen LogP) is 0.680. The Morgan fingerprint density at radius 1 is 1.41 bits per heavy atom. The predicted molar refractivity (Wildman–Crippen MR) is 60.5 cm³/mol. The van der Waals surface area contributed by atoms with Gasteiger partial charge in [0, 0.05) is 18.2 Å². The Morgan fingerprint density at radius 3 is 2.59 bits per heavy atom. The lowest BCUT2D eigenvalue weighted by Gasteiger charge is -2.17. The van der Waals surface area contributed by atoms with Crippen molar-refractivity contribution in [2.24, 2.45) is 0 Å². The molecule has 2 atom stereocenters. The van der Waals surface area contributed by atoms with Crippen LogP contribution in [-0.4, -0.2) is 33.0 Å². The van der Waals surface area contributed by atoms with Crippen molar-refractivity contribution in [3.63, 3.8) is 0 Å². The van der Waals surface area contributed by atoms with Crippen molar-refractivity contribution in [3.05, 3.63) is 39.4 Å². The van der Waals surface area contributed by atoms with Gasteiger partial charge in [0.2, 0.25) is 0 Å². The minimum atomic E-state index is -1.23. The van der Waals surface area contributed by atoms with Gasteiger partial charge in [-0.15, -0.1) is 0 Å². The molecule has 6 heteroatoms. The highest BCUT2D eigenvalue weighted by Gasteiger charge is 2.21. The molecule has 3 N–H and O–H groups in total. The summed E-state index contributed by atoms with van der Waals surface area (Å²) in [5.74, 6) is 0. The molecule has 0 heterocycles. The number of aryl methyl sites for hydroxylation is 1. The maximum absolute atomic E-state index is 10.7. The highest BCUT2D eigenvalue weighted by atomic mass is 16.6. The number of aliphatic hydroxyl groups excluding tert-OH is 3. The molecule has 0 aromatic heterocycles. The summed E-state index contributed by atoms with van der Waals surface area (Å²) in [5, 5.41) is 38.6. The van der Waals surface area contributed by atoms with Crippen LogP contribution in [0.25, 0.3) is 0 Å². The van der Waals surface area contributed by atoms with E-state index >= 15 is 0 Å². The first-order chi connectivity index (χ1) is 7.97. The molecular weight excluding hydrogens is 226 g/mol. The maximum Gasteiger partial charge on any atom is 0.272 e. The van der Waals surface area contributed by atoms with Crippen molar-refractivity contribution in [3.8, 4) is 0 Å². The second kappa shape index (κ2) is 5.72. The fourth-order valence-corrected chi connectivity index (χ4v) is 1.52. The zero-order valence-electron chi connectivity index (χ0n) is 9.41. The topological polar surface area (TPSA) is 104 Å². The molecule has 1 rings (SSSR count). The van der Waals surface area contributed by atoms with E-state index in [4.69, 9.17) is 5.11 Å². The lowest BCUT2D eigenvalue weighted by molar-refractivity contribution is -0.385. The second-order valence-electron chi connectivity index (χ2n) is 3.83. The van der Waals surface area contributed by atoms with Crippen LogP contribution in [0.15, 0.2) is 18.2 Å². The van der Waals surface area contributed by atoms with Crippen LogP contribution in [0.2, 0.25) is 0 Å². The number of nitrogens with zero attached hydrogens (tertiary/aromatic N) is 1. The molecule has 17 heavy (non-hydrogen) atoms. The van der Waals surface area contributed by atoms with Gasteiger partial charge < -0.3 is 15.3 Å². The number of benzene rings is 1. The van der Waals surface area contributed by atoms with Gasteiger partial charge in [-0.3, -0.25) is 10.1 Å². The SMILES string of the molecule is Cc1ccc(C(O)C(O)CCO)cc1[N+](=O)[O-]. The number of aliphatic hydroxyl groups is 3. The number of nitro groups is 1. The van der Waals surface area contributed by atoms with E-state index < -0.39 is 17.1 Å². The Morgan fingerprint density at radius 2 is 2.06 bits per heavy atom. The van der Waals surface area contributed by atoms with Gasteiger partial charge in [-0.25, -0.2) is 0 Å². The van der Waals surface area contributed by atoms with Crippen LogP contribution in [0.1, 0.15) is 23.7 Å². The molecule has 0 aliphatic rings. The summed E-state index contributed by atoms with van der Waals surface area (Å²) in [5.41, 5.74) is 0.656. The lowest BCUT2D eigenvalue weighted by atomic mass is 10.0. The van der Waals surface area contributed by atoms with Crippen LogP contribution in [0.5, 0.6) is 0 Å². The first kappa shape index (κ1) is 13.6. The Balaban J connectivity index is 2.99. The third kappa shape index (κ3) is 3.23. The first-order valence-electron chi connectivity index (χ1n) is 5.19. The molecule has 0 spiro atoms. The second-order valence-corrected chi connectivity index (χ2v) is 3.83. The Bertz CT molecular complexity index is 407. The summed E-state index contributed by atoms with van der Waals surface area (Å²) in [6.45, 7) is 1.34. The minimum absolute atomic E-state index is 0.0167. The summed E-state index contributed by atoms with van der Waals surface area (Å²) >= 11 is 0. The standard InChI is InChI=1S/C11H15NO5/c1-7-2-3-8(6-9(7)12(16)17)11(15)10(14)4-5-13/h2-3,6,10-11,13-15H,4-5H2,1H3. The molecule has 0 bridgehead atoms. The van der Waals surface area contributed by atoms with Crippen LogP contribution in [0, 0.1) is 17.0 Å². The van der Waals surface area contributed by atoms with Gasteiger partial charge in [0.15, 0.2) is 0 Å². The van der Waals surface area contributed by atoms with E-state index in [1.807, 2.05) is 0 Å². The molecule has 0 saturated carbocycles. The summed E-state index contributed by atoms with van der Waals surface area (Å²) in [7, 11) is 0. The molecule has 2 unspecified atom stereocenters. The molecule has 0 amide bonds. The van der Waals surface area contributed by atoms with Crippen molar-refractivity contribution >= 4 is 5.69 Å². The maximum atomic E-state index is 10.7. The van der Waals surface area contributed by atoms with Gasteiger partial charge in [-0.1, -0.05) is 12.1 Å². The highest BCUT2D eigenvalue weighted by molar-refractivity contribution is 5.43. The Labute approximate surface area is 98.3 Å². The van der Waals surface area contributed by atoms with E-state index in [0.717, 1.165) is 0 Å². The Hall–Kier alpha value is -1.50. The van der Waals surface area contributed by atoms with Crippen molar-refractivity contribution in [2.45, 2.75) is 25.6 Å². The fraction of sp³-hybridized carbons (Fsp3) is 0.455. The van der Waals surface area contributed by atoms with E-state index in [-0.39, 0.29) is 24.3 Å². The lowest BCUT2D eigenvalue weighted by Crippen LogP contribution is -2.19. The van der Waals surface area contributed by atoms with Crippen molar-refractivity contribution in [1.29, 1.82) is 0 Å².